The summed E-state index contributed by atoms with van der Waals surface area (Å²) in [5.41, 5.74) is 2.62. The number of carbonyl (C=O) groups is 1. The highest BCUT2D eigenvalue weighted by Crippen LogP contribution is 2.28. The Bertz CT molecular complexity index is 940. The molecule has 0 spiro atoms. The summed E-state index contributed by atoms with van der Waals surface area (Å²) < 4.78 is 5.28. The van der Waals surface area contributed by atoms with Crippen LogP contribution in [-0.2, 0) is 4.79 Å². The molecule has 0 radical (unpaired) electrons. The van der Waals surface area contributed by atoms with E-state index < -0.39 is 0 Å². The maximum atomic E-state index is 12.5. The van der Waals surface area contributed by atoms with Gasteiger partial charge in [-0.1, -0.05) is 42.5 Å². The Balaban J connectivity index is 1.40. The van der Waals surface area contributed by atoms with Crippen LogP contribution in [0.3, 0.4) is 0 Å². The van der Waals surface area contributed by atoms with Gasteiger partial charge in [0, 0.05) is 24.7 Å². The molecule has 2 heterocycles. The molecule has 136 valence electrons. The number of methoxy groups -OCH3 is 1. The summed E-state index contributed by atoms with van der Waals surface area (Å²) in [5, 5.41) is 2.95. The molecule has 1 N–H and O–H groups in total. The van der Waals surface area contributed by atoms with E-state index in [1.807, 2.05) is 60.7 Å². The molecule has 0 unspecified atom stereocenters. The molecule has 1 aliphatic heterocycles. The topological polar surface area (TPSA) is 67.3 Å². The zero-order valence-corrected chi connectivity index (χ0v) is 15.0. The van der Waals surface area contributed by atoms with Gasteiger partial charge in [0.1, 0.15) is 17.9 Å². The molecular weight excluding hydrogens is 340 g/mol. The van der Waals surface area contributed by atoms with Gasteiger partial charge in [-0.15, -0.1) is 0 Å². The van der Waals surface area contributed by atoms with Crippen molar-refractivity contribution in [1.82, 2.24) is 9.97 Å². The smallest absolute Gasteiger partial charge is 0.231 e. The minimum Gasteiger partial charge on any atom is -0.495 e. The Hall–Kier alpha value is -3.41. The summed E-state index contributed by atoms with van der Waals surface area (Å²) in [6, 6.07) is 19.4. The summed E-state index contributed by atoms with van der Waals surface area (Å²) in [4.78, 5) is 23.3. The monoisotopic (exact) mass is 360 g/mol. The number of rotatable bonds is 5. The maximum absolute atomic E-state index is 12.5. The largest absolute Gasteiger partial charge is 0.495 e. The first-order valence-electron chi connectivity index (χ1n) is 8.81. The van der Waals surface area contributed by atoms with E-state index in [0.29, 0.717) is 24.5 Å². The maximum Gasteiger partial charge on any atom is 0.231 e. The molecule has 6 heteroatoms. The van der Waals surface area contributed by atoms with Gasteiger partial charge in [-0.3, -0.25) is 4.79 Å². The second-order valence-corrected chi connectivity index (χ2v) is 6.42. The molecule has 0 saturated carbocycles. The van der Waals surface area contributed by atoms with Crippen LogP contribution in [0.4, 0.5) is 11.5 Å². The van der Waals surface area contributed by atoms with Gasteiger partial charge < -0.3 is 15.0 Å². The summed E-state index contributed by atoms with van der Waals surface area (Å²) in [5.74, 6) is 1.41. The fourth-order valence-electron chi connectivity index (χ4n) is 3.10. The third kappa shape index (κ3) is 3.60. The van der Waals surface area contributed by atoms with Crippen molar-refractivity contribution in [2.75, 3.05) is 30.4 Å². The van der Waals surface area contributed by atoms with Gasteiger partial charge >= 0.3 is 0 Å². The van der Waals surface area contributed by atoms with Gasteiger partial charge in [-0.25, -0.2) is 9.97 Å². The highest BCUT2D eigenvalue weighted by molar-refractivity contribution is 5.95. The number of aromatic nitrogens is 2. The minimum atomic E-state index is -0.0787. The first kappa shape index (κ1) is 17.0. The first-order chi connectivity index (χ1) is 13.2. The lowest BCUT2D eigenvalue weighted by Crippen LogP contribution is -2.52. The van der Waals surface area contributed by atoms with E-state index in [0.717, 1.165) is 17.1 Å². The van der Waals surface area contributed by atoms with Gasteiger partial charge in [0.2, 0.25) is 5.91 Å². The van der Waals surface area contributed by atoms with Gasteiger partial charge in [-0.2, -0.15) is 0 Å². The number of anilines is 2. The number of carbonyl (C=O) groups excluding carboxylic acids is 1. The second-order valence-electron chi connectivity index (χ2n) is 6.42. The molecule has 4 rings (SSSR count). The quantitative estimate of drug-likeness (QED) is 0.757. The van der Waals surface area contributed by atoms with E-state index in [1.165, 1.54) is 0 Å². The number of hydrogen-bond donors (Lipinski definition) is 1. The summed E-state index contributed by atoms with van der Waals surface area (Å²) in [6.07, 6.45) is 1.57. The van der Waals surface area contributed by atoms with Crippen LogP contribution in [-0.4, -0.2) is 36.1 Å². The minimum absolute atomic E-state index is 0.00640. The van der Waals surface area contributed by atoms with Gasteiger partial charge in [0.25, 0.3) is 0 Å². The number of amides is 1. The van der Waals surface area contributed by atoms with E-state index in [1.54, 1.807) is 13.4 Å². The molecule has 6 nitrogen and oxygen atoms in total. The fraction of sp³-hybridized carbons (Fsp3) is 0.190. The van der Waals surface area contributed by atoms with E-state index in [4.69, 9.17) is 4.74 Å². The van der Waals surface area contributed by atoms with Gasteiger partial charge in [0.05, 0.1) is 24.4 Å². The molecular formula is C21H20N4O2. The highest BCUT2D eigenvalue weighted by Gasteiger charge is 2.34. The molecule has 27 heavy (non-hydrogen) atoms. The van der Waals surface area contributed by atoms with Crippen LogP contribution in [0.25, 0.3) is 11.3 Å². The van der Waals surface area contributed by atoms with Crippen molar-refractivity contribution in [1.29, 1.82) is 0 Å². The SMILES string of the molecule is COc1ccccc1NC(=O)C1CN(c2cc(-c3ccccc3)ncn2)C1. The normalized spacial score (nSPS) is 13.7. The molecule has 0 atom stereocenters. The number of nitrogens with one attached hydrogen (secondary N) is 1. The van der Waals surface area contributed by atoms with Crippen molar-refractivity contribution < 1.29 is 9.53 Å². The Morgan fingerprint density at radius 1 is 1.07 bits per heavy atom. The van der Waals surface area contributed by atoms with Crippen LogP contribution in [0.5, 0.6) is 5.75 Å². The van der Waals surface area contributed by atoms with Crippen molar-refractivity contribution in [3.63, 3.8) is 0 Å². The van der Waals surface area contributed by atoms with E-state index >= 15 is 0 Å². The van der Waals surface area contributed by atoms with Crippen molar-refractivity contribution in [2.24, 2.45) is 5.92 Å². The molecule has 1 aliphatic rings. The molecule has 1 fully saturated rings. The fourth-order valence-corrected chi connectivity index (χ4v) is 3.10. The van der Waals surface area contributed by atoms with Crippen molar-refractivity contribution >= 4 is 17.4 Å². The number of para-hydroxylation sites is 2. The van der Waals surface area contributed by atoms with Gasteiger partial charge in [0.15, 0.2) is 0 Å². The lowest BCUT2D eigenvalue weighted by molar-refractivity contribution is -0.120. The zero-order valence-electron chi connectivity index (χ0n) is 15.0. The molecule has 1 aromatic heterocycles. The standard InChI is InChI=1S/C21H20N4O2/c1-27-19-10-6-5-9-17(19)24-21(26)16-12-25(13-16)20-11-18(22-14-23-20)15-7-3-2-4-8-15/h2-11,14,16H,12-13H2,1H3,(H,24,26). The highest BCUT2D eigenvalue weighted by atomic mass is 16.5. The Morgan fingerprint density at radius 2 is 1.81 bits per heavy atom. The summed E-state index contributed by atoms with van der Waals surface area (Å²) in [7, 11) is 1.59. The lowest BCUT2D eigenvalue weighted by Gasteiger charge is -2.39. The van der Waals surface area contributed by atoms with Gasteiger partial charge in [-0.05, 0) is 12.1 Å². The molecule has 0 bridgehead atoms. The summed E-state index contributed by atoms with van der Waals surface area (Å²) >= 11 is 0. The Kier molecular flexibility index (Phi) is 4.70. The van der Waals surface area contributed by atoms with E-state index in [9.17, 15) is 4.79 Å². The predicted octanol–water partition coefficient (Wildman–Crippen LogP) is 3.23. The second kappa shape index (κ2) is 7.45. The molecule has 3 aromatic rings. The first-order valence-corrected chi connectivity index (χ1v) is 8.81. The van der Waals surface area contributed by atoms with Crippen LogP contribution in [0.15, 0.2) is 67.0 Å². The molecule has 2 aromatic carbocycles. The van der Waals surface area contributed by atoms with Crippen LogP contribution < -0.4 is 15.0 Å². The van der Waals surface area contributed by atoms with Crippen LogP contribution in [0, 0.1) is 5.92 Å². The average molecular weight is 360 g/mol. The van der Waals surface area contributed by atoms with E-state index in [-0.39, 0.29) is 11.8 Å². The molecule has 0 aliphatic carbocycles. The number of ether oxygens (including phenoxy) is 1. The van der Waals surface area contributed by atoms with Crippen molar-refractivity contribution in [3.05, 3.63) is 67.0 Å². The Labute approximate surface area is 157 Å². The van der Waals surface area contributed by atoms with Crippen LogP contribution >= 0.6 is 0 Å². The van der Waals surface area contributed by atoms with Crippen LogP contribution in [0.2, 0.25) is 0 Å². The van der Waals surface area contributed by atoms with Crippen molar-refractivity contribution in [2.45, 2.75) is 0 Å². The lowest BCUT2D eigenvalue weighted by atomic mass is 9.98. The van der Waals surface area contributed by atoms with Crippen molar-refractivity contribution in [3.8, 4) is 17.0 Å². The Morgan fingerprint density at radius 3 is 2.59 bits per heavy atom. The van der Waals surface area contributed by atoms with E-state index in [2.05, 4.69) is 20.2 Å². The number of benzene rings is 2. The summed E-state index contributed by atoms with van der Waals surface area (Å²) in [6.45, 7) is 1.26. The van der Waals surface area contributed by atoms with Crippen LogP contribution in [0.1, 0.15) is 0 Å². The third-order valence-electron chi connectivity index (χ3n) is 4.66. The number of nitrogens with zero attached hydrogens (tertiary/aromatic N) is 3. The average Bonchev–Trinajstić information content (AvgIpc) is 2.68. The molecule has 1 amide bonds. The predicted molar refractivity (Wildman–Crippen MR) is 105 cm³/mol. The number of hydrogen-bond acceptors (Lipinski definition) is 5. The zero-order chi connectivity index (χ0) is 18.6. The third-order valence-corrected chi connectivity index (χ3v) is 4.66. The molecule has 1 saturated heterocycles.